The Morgan fingerprint density at radius 2 is 2.20 bits per heavy atom. The SMILES string of the molecule is CC1=C=CN=C(Cl)C=C1Cl. The van der Waals surface area contributed by atoms with Crippen LogP contribution in [0.3, 0.4) is 0 Å². The molecule has 1 nitrogen and oxygen atoms in total. The highest BCUT2D eigenvalue weighted by Gasteiger charge is 1.98. The molecule has 0 fully saturated rings. The first-order valence-corrected chi connectivity index (χ1v) is 3.48. The van der Waals surface area contributed by atoms with Crippen LogP contribution in [-0.2, 0) is 0 Å². The van der Waals surface area contributed by atoms with Gasteiger partial charge in [-0.05, 0) is 13.0 Å². The van der Waals surface area contributed by atoms with Gasteiger partial charge < -0.3 is 0 Å². The minimum Gasteiger partial charge on any atom is -0.236 e. The van der Waals surface area contributed by atoms with Crippen molar-refractivity contribution in [3.8, 4) is 0 Å². The van der Waals surface area contributed by atoms with E-state index in [0.717, 1.165) is 5.57 Å². The first kappa shape index (κ1) is 7.62. The van der Waals surface area contributed by atoms with E-state index >= 15 is 0 Å². The molecule has 0 atom stereocenters. The monoisotopic (exact) mass is 173 g/mol. The van der Waals surface area contributed by atoms with Crippen molar-refractivity contribution in [1.82, 2.24) is 0 Å². The van der Waals surface area contributed by atoms with E-state index in [1.165, 1.54) is 6.20 Å². The molecule has 1 heterocycles. The van der Waals surface area contributed by atoms with E-state index < -0.39 is 0 Å². The molecule has 0 spiro atoms. The molecule has 52 valence electrons. The van der Waals surface area contributed by atoms with E-state index in [9.17, 15) is 0 Å². The van der Waals surface area contributed by atoms with Crippen LogP contribution >= 0.6 is 23.2 Å². The minimum atomic E-state index is 0.384. The molecule has 0 saturated heterocycles. The molecule has 0 bridgehead atoms. The van der Waals surface area contributed by atoms with Crippen molar-refractivity contribution in [3.05, 3.63) is 28.6 Å². The van der Waals surface area contributed by atoms with Crippen molar-refractivity contribution in [2.45, 2.75) is 6.92 Å². The smallest absolute Gasteiger partial charge is 0.131 e. The number of hydrogen-bond acceptors (Lipinski definition) is 1. The van der Waals surface area contributed by atoms with Gasteiger partial charge in [0.15, 0.2) is 0 Å². The molecule has 0 radical (unpaired) electrons. The second-order valence-electron chi connectivity index (χ2n) is 1.84. The van der Waals surface area contributed by atoms with E-state index in [4.69, 9.17) is 23.2 Å². The Bertz CT molecular complexity index is 267. The molecular weight excluding hydrogens is 169 g/mol. The van der Waals surface area contributed by atoms with Crippen molar-refractivity contribution in [2.75, 3.05) is 0 Å². The second-order valence-corrected chi connectivity index (χ2v) is 2.64. The molecule has 0 aliphatic carbocycles. The van der Waals surface area contributed by atoms with E-state index in [1.54, 1.807) is 6.08 Å². The van der Waals surface area contributed by atoms with Crippen molar-refractivity contribution >= 4 is 28.4 Å². The van der Waals surface area contributed by atoms with Crippen molar-refractivity contribution in [1.29, 1.82) is 0 Å². The van der Waals surface area contributed by atoms with Gasteiger partial charge in [0, 0.05) is 5.57 Å². The highest BCUT2D eigenvalue weighted by atomic mass is 35.5. The first-order chi connectivity index (χ1) is 4.70. The standard InChI is InChI=1S/C7H5Cl2N/c1-5-2-3-10-7(9)4-6(5)8/h3-4H,1H3. The van der Waals surface area contributed by atoms with Gasteiger partial charge in [-0.3, -0.25) is 0 Å². The zero-order chi connectivity index (χ0) is 7.56. The number of nitrogens with zero attached hydrogens (tertiary/aromatic N) is 1. The Morgan fingerprint density at radius 1 is 1.50 bits per heavy atom. The Kier molecular flexibility index (Phi) is 2.34. The quantitative estimate of drug-likeness (QED) is 0.500. The lowest BCUT2D eigenvalue weighted by Gasteiger charge is -1.89. The molecule has 0 unspecified atom stereocenters. The van der Waals surface area contributed by atoms with Crippen LogP contribution in [0.15, 0.2) is 33.6 Å². The summed E-state index contributed by atoms with van der Waals surface area (Å²) in [5.74, 6) is 0. The van der Waals surface area contributed by atoms with Crippen LogP contribution < -0.4 is 0 Å². The molecular formula is C7H5Cl2N. The predicted molar refractivity (Wildman–Crippen MR) is 44.5 cm³/mol. The molecule has 1 aliphatic rings. The van der Waals surface area contributed by atoms with Crippen LogP contribution in [-0.4, -0.2) is 5.17 Å². The summed E-state index contributed by atoms with van der Waals surface area (Å²) in [6.07, 6.45) is 3.10. The van der Waals surface area contributed by atoms with Gasteiger partial charge in [0.05, 0.1) is 11.2 Å². The summed E-state index contributed by atoms with van der Waals surface area (Å²) in [5.41, 5.74) is 3.69. The molecule has 3 heteroatoms. The van der Waals surface area contributed by atoms with Crippen LogP contribution in [0, 0.1) is 0 Å². The molecule has 1 aliphatic heterocycles. The highest BCUT2D eigenvalue weighted by Crippen LogP contribution is 2.15. The summed E-state index contributed by atoms with van der Waals surface area (Å²) in [5, 5.41) is 0.969. The third kappa shape index (κ3) is 1.74. The van der Waals surface area contributed by atoms with Gasteiger partial charge in [-0.25, -0.2) is 4.99 Å². The summed E-state index contributed by atoms with van der Waals surface area (Å²) >= 11 is 11.3. The number of aliphatic imine (C=N–C) groups is 1. The normalized spacial score (nSPS) is 17.3. The summed E-state index contributed by atoms with van der Waals surface area (Å²) in [4.78, 5) is 3.79. The number of halogens is 2. The molecule has 1 rings (SSSR count). The largest absolute Gasteiger partial charge is 0.236 e. The summed E-state index contributed by atoms with van der Waals surface area (Å²) in [6, 6.07) is 0. The van der Waals surface area contributed by atoms with Gasteiger partial charge in [0.2, 0.25) is 0 Å². The number of allylic oxidation sites excluding steroid dienone is 3. The maximum absolute atomic E-state index is 5.74. The fourth-order valence-electron chi connectivity index (χ4n) is 0.510. The van der Waals surface area contributed by atoms with E-state index in [2.05, 4.69) is 10.7 Å². The average Bonchev–Trinajstić information content (AvgIpc) is 1.96. The first-order valence-electron chi connectivity index (χ1n) is 2.73. The van der Waals surface area contributed by atoms with Crippen molar-refractivity contribution < 1.29 is 0 Å². The Hall–Kier alpha value is -0.490. The van der Waals surface area contributed by atoms with Crippen LogP contribution in [0.1, 0.15) is 6.92 Å². The molecule has 0 aromatic carbocycles. The van der Waals surface area contributed by atoms with Gasteiger partial charge in [-0.1, -0.05) is 28.9 Å². The Balaban J connectivity index is 3.10. The molecule has 0 aromatic rings. The summed E-state index contributed by atoms with van der Waals surface area (Å²) in [7, 11) is 0. The van der Waals surface area contributed by atoms with Gasteiger partial charge in [-0.2, -0.15) is 0 Å². The fourth-order valence-corrected chi connectivity index (χ4v) is 0.881. The zero-order valence-electron chi connectivity index (χ0n) is 5.36. The van der Waals surface area contributed by atoms with Gasteiger partial charge >= 0.3 is 0 Å². The third-order valence-corrected chi connectivity index (χ3v) is 1.67. The lowest BCUT2D eigenvalue weighted by molar-refractivity contribution is 1.51. The minimum absolute atomic E-state index is 0.384. The van der Waals surface area contributed by atoms with Crippen LogP contribution in [0.2, 0.25) is 0 Å². The maximum atomic E-state index is 5.74. The van der Waals surface area contributed by atoms with Gasteiger partial charge in [0.1, 0.15) is 5.17 Å². The molecule has 0 N–H and O–H groups in total. The lowest BCUT2D eigenvalue weighted by Crippen LogP contribution is -1.79. The van der Waals surface area contributed by atoms with E-state index in [-0.39, 0.29) is 0 Å². The van der Waals surface area contributed by atoms with Crippen molar-refractivity contribution in [3.63, 3.8) is 0 Å². The van der Waals surface area contributed by atoms with Crippen molar-refractivity contribution in [2.24, 2.45) is 4.99 Å². The van der Waals surface area contributed by atoms with Crippen LogP contribution in [0.25, 0.3) is 0 Å². The third-order valence-electron chi connectivity index (χ3n) is 1.07. The molecule has 0 amide bonds. The van der Waals surface area contributed by atoms with Crippen LogP contribution in [0.5, 0.6) is 0 Å². The molecule has 0 aromatic heterocycles. The zero-order valence-corrected chi connectivity index (χ0v) is 6.87. The van der Waals surface area contributed by atoms with E-state index in [1.807, 2.05) is 6.92 Å². The summed E-state index contributed by atoms with van der Waals surface area (Å²) in [6.45, 7) is 1.85. The Morgan fingerprint density at radius 3 is 2.90 bits per heavy atom. The topological polar surface area (TPSA) is 12.4 Å². The maximum Gasteiger partial charge on any atom is 0.131 e. The molecule has 10 heavy (non-hydrogen) atoms. The van der Waals surface area contributed by atoms with Crippen LogP contribution in [0.4, 0.5) is 0 Å². The summed E-state index contributed by atoms with van der Waals surface area (Å²) < 4.78 is 0. The number of rotatable bonds is 0. The van der Waals surface area contributed by atoms with Gasteiger partial charge in [-0.15, -0.1) is 0 Å². The number of hydrogen-bond donors (Lipinski definition) is 0. The predicted octanol–water partition coefficient (Wildman–Crippen LogP) is 2.82. The lowest BCUT2D eigenvalue weighted by atomic mass is 10.3. The fraction of sp³-hybridized carbons (Fsp3) is 0.143. The molecule has 0 saturated carbocycles. The Labute approximate surface area is 69.4 Å². The highest BCUT2D eigenvalue weighted by molar-refractivity contribution is 6.69. The van der Waals surface area contributed by atoms with E-state index in [0.29, 0.717) is 10.2 Å². The average molecular weight is 174 g/mol. The second kappa shape index (κ2) is 3.07. The van der Waals surface area contributed by atoms with Gasteiger partial charge in [0.25, 0.3) is 0 Å².